The van der Waals surface area contributed by atoms with Gasteiger partial charge in [-0.05, 0) is 25.7 Å². The van der Waals surface area contributed by atoms with Gasteiger partial charge in [0.25, 0.3) is 0 Å². The molecule has 4 heteroatoms. The topological polar surface area (TPSA) is 66.4 Å². The average molecular weight is 243 g/mol. The maximum absolute atomic E-state index is 11.8. The Morgan fingerprint density at radius 1 is 1.18 bits per heavy atom. The molecule has 0 saturated carbocycles. The third-order valence-electron chi connectivity index (χ3n) is 3.69. The molecular weight excluding hydrogens is 218 g/mol. The number of carboxylic acid groups (broad SMARTS) is 1. The predicted octanol–water partition coefficient (Wildman–Crippen LogP) is 2.43. The molecule has 0 aliphatic heterocycles. The van der Waals surface area contributed by atoms with Crippen LogP contribution in [-0.4, -0.2) is 23.0 Å². The van der Waals surface area contributed by atoms with Crippen molar-refractivity contribution >= 4 is 11.9 Å². The van der Waals surface area contributed by atoms with E-state index < -0.39 is 11.4 Å². The third kappa shape index (κ3) is 4.36. The van der Waals surface area contributed by atoms with E-state index >= 15 is 0 Å². The second-order valence-corrected chi connectivity index (χ2v) is 5.07. The van der Waals surface area contributed by atoms with Gasteiger partial charge in [-0.15, -0.1) is 0 Å². The monoisotopic (exact) mass is 243 g/mol. The highest BCUT2D eigenvalue weighted by Crippen LogP contribution is 2.30. The van der Waals surface area contributed by atoms with Crippen molar-refractivity contribution < 1.29 is 14.7 Å². The number of nitrogens with one attached hydrogen (secondary N) is 1. The van der Waals surface area contributed by atoms with Gasteiger partial charge in [0, 0.05) is 12.5 Å². The Bertz CT molecular complexity index is 270. The Labute approximate surface area is 104 Å². The van der Waals surface area contributed by atoms with E-state index in [-0.39, 0.29) is 18.4 Å². The van der Waals surface area contributed by atoms with Gasteiger partial charge in [0.05, 0.1) is 5.41 Å². The van der Waals surface area contributed by atoms with Crippen molar-refractivity contribution in [3.05, 3.63) is 0 Å². The predicted molar refractivity (Wildman–Crippen MR) is 67.7 cm³/mol. The lowest BCUT2D eigenvalue weighted by molar-refractivity contribution is -0.152. The highest BCUT2D eigenvalue weighted by molar-refractivity contribution is 5.85. The first-order chi connectivity index (χ1) is 7.79. The van der Waals surface area contributed by atoms with E-state index in [2.05, 4.69) is 5.32 Å². The van der Waals surface area contributed by atoms with E-state index in [9.17, 15) is 14.7 Å². The molecule has 100 valence electrons. The molecule has 4 nitrogen and oxygen atoms in total. The molecule has 0 bridgehead atoms. The lowest BCUT2D eigenvalue weighted by atomic mass is 9.79. The lowest BCUT2D eigenvalue weighted by Gasteiger charge is -2.27. The molecule has 0 aliphatic rings. The van der Waals surface area contributed by atoms with Crippen LogP contribution in [0.15, 0.2) is 0 Å². The molecule has 0 fully saturated rings. The highest BCUT2D eigenvalue weighted by Gasteiger charge is 2.37. The van der Waals surface area contributed by atoms with E-state index in [1.165, 1.54) is 0 Å². The first-order valence-electron chi connectivity index (χ1n) is 6.31. The fourth-order valence-electron chi connectivity index (χ4n) is 1.66. The number of carbonyl (C=O) groups is 2. The van der Waals surface area contributed by atoms with Crippen LogP contribution >= 0.6 is 0 Å². The van der Waals surface area contributed by atoms with E-state index in [1.807, 2.05) is 34.6 Å². The van der Waals surface area contributed by atoms with Crippen LogP contribution < -0.4 is 5.32 Å². The van der Waals surface area contributed by atoms with Crippen molar-refractivity contribution in [3.8, 4) is 0 Å². The van der Waals surface area contributed by atoms with E-state index in [1.54, 1.807) is 0 Å². The van der Waals surface area contributed by atoms with Crippen molar-refractivity contribution in [2.75, 3.05) is 0 Å². The summed E-state index contributed by atoms with van der Waals surface area (Å²) in [6.07, 6.45) is 1.01. The second-order valence-electron chi connectivity index (χ2n) is 5.07. The van der Waals surface area contributed by atoms with Crippen molar-refractivity contribution in [1.29, 1.82) is 0 Å². The smallest absolute Gasteiger partial charge is 0.310 e. The summed E-state index contributed by atoms with van der Waals surface area (Å²) in [5, 5.41) is 12.1. The van der Waals surface area contributed by atoms with Crippen LogP contribution in [0.5, 0.6) is 0 Å². The van der Waals surface area contributed by atoms with Gasteiger partial charge >= 0.3 is 5.97 Å². The Kier molecular flexibility index (Phi) is 6.21. The zero-order valence-corrected chi connectivity index (χ0v) is 11.5. The Morgan fingerprint density at radius 3 is 1.94 bits per heavy atom. The summed E-state index contributed by atoms with van der Waals surface area (Å²) >= 11 is 0. The SMILES string of the molecule is CCC(CC)(CC(=O)NC(C)C(C)C)C(=O)O. The van der Waals surface area contributed by atoms with Crippen molar-refractivity contribution in [3.63, 3.8) is 0 Å². The number of carboxylic acids is 1. The van der Waals surface area contributed by atoms with Crippen molar-refractivity contribution in [2.45, 2.75) is 59.9 Å². The number of hydrogen-bond acceptors (Lipinski definition) is 2. The second kappa shape index (κ2) is 6.62. The highest BCUT2D eigenvalue weighted by atomic mass is 16.4. The van der Waals surface area contributed by atoms with E-state index in [4.69, 9.17) is 0 Å². The van der Waals surface area contributed by atoms with Crippen LogP contribution in [-0.2, 0) is 9.59 Å². The Balaban J connectivity index is 4.58. The first-order valence-corrected chi connectivity index (χ1v) is 6.31. The summed E-state index contributed by atoms with van der Waals surface area (Å²) < 4.78 is 0. The molecule has 0 heterocycles. The van der Waals surface area contributed by atoms with E-state index in [0.29, 0.717) is 18.8 Å². The molecule has 0 radical (unpaired) electrons. The third-order valence-corrected chi connectivity index (χ3v) is 3.69. The fourth-order valence-corrected chi connectivity index (χ4v) is 1.66. The number of hydrogen-bond donors (Lipinski definition) is 2. The number of carbonyl (C=O) groups excluding carboxylic acids is 1. The average Bonchev–Trinajstić information content (AvgIpc) is 2.25. The van der Waals surface area contributed by atoms with Gasteiger partial charge in [-0.3, -0.25) is 9.59 Å². The minimum atomic E-state index is -0.916. The Hall–Kier alpha value is -1.06. The zero-order chi connectivity index (χ0) is 13.6. The fraction of sp³-hybridized carbons (Fsp3) is 0.846. The molecule has 1 unspecified atom stereocenters. The van der Waals surface area contributed by atoms with Gasteiger partial charge in [-0.2, -0.15) is 0 Å². The van der Waals surface area contributed by atoms with Crippen LogP contribution in [0.1, 0.15) is 53.9 Å². The van der Waals surface area contributed by atoms with Gasteiger partial charge in [-0.1, -0.05) is 27.7 Å². The standard InChI is InChI=1S/C13H25NO3/c1-6-13(7-2,12(16)17)8-11(15)14-10(5)9(3)4/h9-10H,6-8H2,1-5H3,(H,14,15)(H,16,17). The minimum absolute atomic E-state index is 0.0619. The van der Waals surface area contributed by atoms with Crippen LogP contribution in [0.2, 0.25) is 0 Å². The van der Waals surface area contributed by atoms with Crippen LogP contribution in [0, 0.1) is 11.3 Å². The molecule has 1 atom stereocenters. The molecule has 0 aromatic carbocycles. The molecule has 0 rings (SSSR count). The molecule has 0 spiro atoms. The first kappa shape index (κ1) is 15.9. The van der Waals surface area contributed by atoms with Crippen molar-refractivity contribution in [2.24, 2.45) is 11.3 Å². The summed E-state index contributed by atoms with van der Waals surface area (Å²) in [5.41, 5.74) is -0.916. The summed E-state index contributed by atoms with van der Waals surface area (Å²) in [6.45, 7) is 9.61. The number of amides is 1. The molecule has 17 heavy (non-hydrogen) atoms. The van der Waals surface area contributed by atoms with Gasteiger partial charge in [-0.25, -0.2) is 0 Å². The van der Waals surface area contributed by atoms with Crippen LogP contribution in [0.25, 0.3) is 0 Å². The largest absolute Gasteiger partial charge is 0.481 e. The van der Waals surface area contributed by atoms with E-state index in [0.717, 1.165) is 0 Å². The van der Waals surface area contributed by atoms with Crippen LogP contribution in [0.3, 0.4) is 0 Å². The quantitative estimate of drug-likeness (QED) is 0.721. The van der Waals surface area contributed by atoms with Crippen LogP contribution in [0.4, 0.5) is 0 Å². The summed E-state index contributed by atoms with van der Waals surface area (Å²) in [7, 11) is 0. The molecule has 2 N–H and O–H groups in total. The number of aliphatic carboxylic acids is 1. The molecular formula is C13H25NO3. The molecule has 1 amide bonds. The summed E-state index contributed by atoms with van der Waals surface area (Å²) in [5.74, 6) is -0.700. The number of rotatable bonds is 7. The maximum atomic E-state index is 11.8. The maximum Gasteiger partial charge on any atom is 0.310 e. The van der Waals surface area contributed by atoms with Gasteiger partial charge in [0.2, 0.25) is 5.91 Å². The van der Waals surface area contributed by atoms with Gasteiger partial charge < -0.3 is 10.4 Å². The summed E-state index contributed by atoms with van der Waals surface area (Å²) in [4.78, 5) is 23.1. The normalized spacial score (nSPS) is 13.5. The van der Waals surface area contributed by atoms with Crippen molar-refractivity contribution in [1.82, 2.24) is 5.32 Å². The molecule has 0 aromatic heterocycles. The minimum Gasteiger partial charge on any atom is -0.481 e. The van der Waals surface area contributed by atoms with Gasteiger partial charge in [0.1, 0.15) is 0 Å². The zero-order valence-electron chi connectivity index (χ0n) is 11.5. The lowest BCUT2D eigenvalue weighted by Crippen LogP contribution is -2.41. The van der Waals surface area contributed by atoms with Gasteiger partial charge in [0.15, 0.2) is 0 Å². The molecule has 0 aromatic rings. The molecule has 0 aliphatic carbocycles. The molecule has 0 saturated heterocycles. The summed E-state index contributed by atoms with van der Waals surface area (Å²) in [6, 6.07) is 0.0720. The Morgan fingerprint density at radius 2 is 1.65 bits per heavy atom.